The summed E-state index contributed by atoms with van der Waals surface area (Å²) in [6.07, 6.45) is 3.58. The number of aryl methyl sites for hydroxylation is 1. The molecule has 2 fully saturated rings. The summed E-state index contributed by atoms with van der Waals surface area (Å²) in [4.78, 5) is 14.9. The van der Waals surface area contributed by atoms with E-state index >= 15 is 0 Å². The number of nitrogens with one attached hydrogen (secondary N) is 1. The number of likely N-dealkylation sites (tertiary alicyclic amines) is 1. The Morgan fingerprint density at radius 3 is 2.41 bits per heavy atom. The summed E-state index contributed by atoms with van der Waals surface area (Å²) in [7, 11) is -3.47. The van der Waals surface area contributed by atoms with Crippen molar-refractivity contribution in [2.45, 2.75) is 37.5 Å². The Labute approximate surface area is 174 Å². The third kappa shape index (κ3) is 6.50. The van der Waals surface area contributed by atoms with Gasteiger partial charge in [-0.2, -0.15) is 4.31 Å². The molecule has 29 heavy (non-hydrogen) atoms. The van der Waals surface area contributed by atoms with Crippen molar-refractivity contribution in [1.82, 2.24) is 14.5 Å². The van der Waals surface area contributed by atoms with Crippen LogP contribution in [0.15, 0.2) is 29.2 Å². The zero-order chi connectivity index (χ0) is 20.7. The van der Waals surface area contributed by atoms with Crippen LogP contribution >= 0.6 is 0 Å². The summed E-state index contributed by atoms with van der Waals surface area (Å²) < 4.78 is 32.0. The van der Waals surface area contributed by atoms with Gasteiger partial charge in [0.25, 0.3) is 0 Å². The molecule has 1 aromatic rings. The molecule has 0 spiro atoms. The monoisotopic (exact) mass is 423 g/mol. The second-order valence-electron chi connectivity index (χ2n) is 8.08. The molecule has 7 nitrogen and oxygen atoms in total. The highest BCUT2D eigenvalue weighted by molar-refractivity contribution is 7.89. The smallest absolute Gasteiger partial charge is 0.243 e. The number of morpholine rings is 1. The predicted octanol–water partition coefficient (Wildman–Crippen LogP) is 1.49. The zero-order valence-electron chi connectivity index (χ0n) is 17.3. The number of benzene rings is 1. The molecule has 0 radical (unpaired) electrons. The average Bonchev–Trinajstić information content (AvgIpc) is 3.24. The normalized spacial score (nSPS) is 19.9. The fraction of sp³-hybridized carbons (Fsp3) is 0.667. The molecule has 1 aromatic carbocycles. The van der Waals surface area contributed by atoms with Crippen LogP contribution in [0.4, 0.5) is 0 Å². The van der Waals surface area contributed by atoms with E-state index in [4.69, 9.17) is 4.74 Å². The molecule has 162 valence electrons. The number of carbonyl (C=O) groups excluding carboxylic acids is 1. The third-order valence-corrected chi connectivity index (χ3v) is 7.50. The number of carbonyl (C=O) groups is 1. The second kappa shape index (κ2) is 10.5. The number of rotatable bonds is 9. The van der Waals surface area contributed by atoms with E-state index in [1.165, 1.54) is 30.2 Å². The van der Waals surface area contributed by atoms with Gasteiger partial charge >= 0.3 is 0 Å². The summed E-state index contributed by atoms with van der Waals surface area (Å²) >= 11 is 0. The van der Waals surface area contributed by atoms with E-state index < -0.39 is 10.0 Å². The highest BCUT2D eigenvalue weighted by Gasteiger charge is 2.26. The van der Waals surface area contributed by atoms with Gasteiger partial charge in [-0.05, 0) is 56.0 Å². The van der Waals surface area contributed by atoms with Crippen molar-refractivity contribution in [2.75, 3.05) is 52.5 Å². The quantitative estimate of drug-likeness (QED) is 0.651. The maximum atomic E-state index is 12.6. The topological polar surface area (TPSA) is 79.0 Å². The van der Waals surface area contributed by atoms with E-state index in [-0.39, 0.29) is 5.91 Å². The van der Waals surface area contributed by atoms with Crippen molar-refractivity contribution in [3.63, 3.8) is 0 Å². The lowest BCUT2D eigenvalue weighted by Gasteiger charge is -2.26. The summed E-state index contributed by atoms with van der Waals surface area (Å²) in [5, 5.41) is 3.03. The van der Waals surface area contributed by atoms with Gasteiger partial charge in [-0.3, -0.25) is 4.79 Å². The van der Waals surface area contributed by atoms with Gasteiger partial charge in [0.15, 0.2) is 0 Å². The van der Waals surface area contributed by atoms with Gasteiger partial charge in [-0.25, -0.2) is 8.42 Å². The Morgan fingerprint density at radius 1 is 1.10 bits per heavy atom. The van der Waals surface area contributed by atoms with Crippen molar-refractivity contribution in [1.29, 1.82) is 0 Å². The van der Waals surface area contributed by atoms with E-state index in [9.17, 15) is 13.2 Å². The number of amides is 1. The van der Waals surface area contributed by atoms with E-state index in [1.807, 2.05) is 0 Å². The molecule has 2 saturated heterocycles. The van der Waals surface area contributed by atoms with Crippen LogP contribution < -0.4 is 5.32 Å². The molecule has 0 saturated carbocycles. The summed E-state index contributed by atoms with van der Waals surface area (Å²) in [5.41, 5.74) is 0.964. The molecule has 0 aromatic heterocycles. The highest BCUT2D eigenvalue weighted by Crippen LogP contribution is 2.18. The largest absolute Gasteiger partial charge is 0.379 e. The Kier molecular flexibility index (Phi) is 8.06. The number of sulfonamides is 1. The van der Waals surface area contributed by atoms with Crippen LogP contribution in [0.2, 0.25) is 0 Å². The summed E-state index contributed by atoms with van der Waals surface area (Å²) in [5.74, 6) is 0.491. The van der Waals surface area contributed by atoms with Gasteiger partial charge in [-0.1, -0.05) is 19.1 Å². The van der Waals surface area contributed by atoms with E-state index in [1.54, 1.807) is 24.3 Å². The van der Waals surface area contributed by atoms with Gasteiger partial charge in [0, 0.05) is 32.6 Å². The van der Waals surface area contributed by atoms with E-state index in [0.717, 1.165) is 12.1 Å². The lowest BCUT2D eigenvalue weighted by atomic mass is 10.1. The standard InChI is InChI=1S/C21H33N3O4S/c1-18(17-23-10-2-3-11-23)16-22-21(25)9-6-19-4-7-20(8-5-19)29(26,27)24-12-14-28-15-13-24/h4-5,7-8,18H,2-3,6,9-17H2,1H3,(H,22,25). The molecule has 1 unspecified atom stereocenters. The van der Waals surface area contributed by atoms with Gasteiger partial charge in [0.1, 0.15) is 0 Å². The Balaban J connectivity index is 1.41. The summed E-state index contributed by atoms with van der Waals surface area (Å²) in [6.45, 7) is 7.91. The molecule has 3 rings (SSSR count). The Morgan fingerprint density at radius 2 is 1.76 bits per heavy atom. The third-order valence-electron chi connectivity index (χ3n) is 5.59. The molecule has 2 heterocycles. The molecular formula is C21H33N3O4S. The van der Waals surface area contributed by atoms with Crippen molar-refractivity contribution >= 4 is 15.9 Å². The minimum Gasteiger partial charge on any atom is -0.379 e. The van der Waals surface area contributed by atoms with Crippen LogP contribution in [0.1, 0.15) is 31.7 Å². The minimum atomic E-state index is -3.47. The highest BCUT2D eigenvalue weighted by atomic mass is 32.2. The van der Waals surface area contributed by atoms with Gasteiger partial charge in [0.05, 0.1) is 18.1 Å². The SMILES string of the molecule is CC(CNC(=O)CCc1ccc(S(=O)(=O)N2CCOCC2)cc1)CN1CCCC1. The van der Waals surface area contributed by atoms with Gasteiger partial charge in [-0.15, -0.1) is 0 Å². The fourth-order valence-corrected chi connectivity index (χ4v) is 5.28. The van der Waals surface area contributed by atoms with Crippen molar-refractivity contribution in [2.24, 2.45) is 5.92 Å². The molecular weight excluding hydrogens is 390 g/mol. The molecule has 0 aliphatic carbocycles. The number of nitrogens with zero attached hydrogens (tertiary/aromatic N) is 2. The van der Waals surface area contributed by atoms with Crippen LogP contribution in [-0.2, 0) is 26.0 Å². The first-order chi connectivity index (χ1) is 13.9. The molecule has 1 atom stereocenters. The van der Waals surface area contributed by atoms with Crippen molar-refractivity contribution in [3.8, 4) is 0 Å². The molecule has 0 bridgehead atoms. The minimum absolute atomic E-state index is 0.0447. The maximum absolute atomic E-state index is 12.6. The van der Waals surface area contributed by atoms with Crippen LogP contribution in [0, 0.1) is 5.92 Å². The lowest BCUT2D eigenvalue weighted by Crippen LogP contribution is -2.40. The fourth-order valence-electron chi connectivity index (χ4n) is 3.87. The lowest BCUT2D eigenvalue weighted by molar-refractivity contribution is -0.121. The molecule has 1 N–H and O–H groups in total. The number of hydrogen-bond donors (Lipinski definition) is 1. The molecule has 1 amide bonds. The summed E-state index contributed by atoms with van der Waals surface area (Å²) in [6, 6.07) is 6.87. The first-order valence-electron chi connectivity index (χ1n) is 10.6. The van der Waals surface area contributed by atoms with Crippen LogP contribution in [0.25, 0.3) is 0 Å². The van der Waals surface area contributed by atoms with Gasteiger partial charge in [0.2, 0.25) is 15.9 Å². The predicted molar refractivity (Wildman–Crippen MR) is 112 cm³/mol. The van der Waals surface area contributed by atoms with Crippen LogP contribution in [-0.4, -0.2) is 76.0 Å². The average molecular weight is 424 g/mol. The molecule has 2 aliphatic rings. The van der Waals surface area contributed by atoms with Crippen LogP contribution in [0.5, 0.6) is 0 Å². The van der Waals surface area contributed by atoms with Gasteiger partial charge < -0.3 is 15.0 Å². The Hall–Kier alpha value is -1.48. The van der Waals surface area contributed by atoms with Crippen molar-refractivity contribution < 1.29 is 17.9 Å². The first-order valence-corrected chi connectivity index (χ1v) is 12.0. The number of ether oxygens (including phenoxy) is 1. The number of hydrogen-bond acceptors (Lipinski definition) is 5. The first kappa shape index (κ1) is 22.2. The Bertz CT molecular complexity index is 755. The second-order valence-corrected chi connectivity index (χ2v) is 10.0. The molecule has 8 heteroatoms. The molecule has 2 aliphatic heterocycles. The zero-order valence-corrected chi connectivity index (χ0v) is 18.1. The van der Waals surface area contributed by atoms with E-state index in [0.29, 0.717) is 56.5 Å². The van der Waals surface area contributed by atoms with Crippen LogP contribution in [0.3, 0.4) is 0 Å². The van der Waals surface area contributed by atoms with Crippen molar-refractivity contribution in [3.05, 3.63) is 29.8 Å². The van der Waals surface area contributed by atoms with E-state index in [2.05, 4.69) is 17.1 Å². The maximum Gasteiger partial charge on any atom is 0.243 e.